The molecule has 0 aliphatic rings. The summed E-state index contributed by atoms with van der Waals surface area (Å²) in [6.45, 7) is 6.18. The Labute approximate surface area is 180 Å². The van der Waals surface area contributed by atoms with Gasteiger partial charge in [0.15, 0.2) is 0 Å². The minimum atomic E-state index is -3.98. The van der Waals surface area contributed by atoms with Crippen LogP contribution >= 0.6 is 11.6 Å². The normalized spacial score (nSPS) is 12.4. The van der Waals surface area contributed by atoms with Gasteiger partial charge in [-0.2, -0.15) is 0 Å². The second-order valence-corrected chi connectivity index (χ2v) is 10.1. The van der Waals surface area contributed by atoms with Gasteiger partial charge in [-0.15, -0.1) is 0 Å². The monoisotopic (exact) mass is 440 g/mol. The summed E-state index contributed by atoms with van der Waals surface area (Å²) in [5.41, 5.74) is 3.42. The first-order valence-electron chi connectivity index (χ1n) is 9.31. The van der Waals surface area contributed by atoms with Crippen molar-refractivity contribution in [2.75, 3.05) is 0 Å². The highest BCUT2D eigenvalue weighted by Crippen LogP contribution is 2.36. The molecular weight excluding hydrogens is 420 g/mol. The fourth-order valence-corrected chi connectivity index (χ4v) is 4.30. The molecule has 0 saturated heterocycles. The SMILES string of the molecule is CC(C)(C)c1ccc(S(N)(=O)=O)c(-c2cc(Cl)cnc2-n2cnc3ccccc32)c1. The van der Waals surface area contributed by atoms with Gasteiger partial charge in [-0.1, -0.05) is 50.6 Å². The summed E-state index contributed by atoms with van der Waals surface area (Å²) in [6, 6.07) is 14.5. The third-order valence-corrected chi connectivity index (χ3v) is 6.13. The number of benzene rings is 2. The van der Waals surface area contributed by atoms with Crippen molar-refractivity contribution in [3.05, 3.63) is 71.6 Å². The lowest BCUT2D eigenvalue weighted by Gasteiger charge is -2.22. The summed E-state index contributed by atoms with van der Waals surface area (Å²) in [5, 5.41) is 5.94. The summed E-state index contributed by atoms with van der Waals surface area (Å²) in [4.78, 5) is 8.96. The van der Waals surface area contributed by atoms with Gasteiger partial charge in [0.25, 0.3) is 0 Å². The molecule has 8 heteroatoms. The lowest BCUT2D eigenvalue weighted by atomic mass is 9.85. The van der Waals surface area contributed by atoms with Crippen LogP contribution in [0, 0.1) is 0 Å². The molecule has 0 atom stereocenters. The number of aromatic nitrogens is 3. The molecule has 0 unspecified atom stereocenters. The number of para-hydroxylation sites is 2. The molecule has 0 amide bonds. The molecule has 6 nitrogen and oxygen atoms in total. The standard InChI is InChI=1S/C22H21ClN4O2S/c1-22(2,3)14-8-9-20(30(24,28)29)16(10-14)17-11-15(23)12-25-21(17)27-13-26-18-6-4-5-7-19(18)27/h4-13H,1-3H3,(H2,24,28,29). The molecule has 0 saturated carbocycles. The molecule has 30 heavy (non-hydrogen) atoms. The second kappa shape index (κ2) is 7.19. The Morgan fingerprint density at radius 1 is 1.00 bits per heavy atom. The minimum absolute atomic E-state index is 0.0187. The van der Waals surface area contributed by atoms with Crippen molar-refractivity contribution in [1.29, 1.82) is 0 Å². The van der Waals surface area contributed by atoms with Crippen LogP contribution in [0.1, 0.15) is 26.3 Å². The van der Waals surface area contributed by atoms with Crippen LogP contribution in [0.3, 0.4) is 0 Å². The van der Waals surface area contributed by atoms with Crippen molar-refractivity contribution in [2.45, 2.75) is 31.1 Å². The predicted molar refractivity (Wildman–Crippen MR) is 119 cm³/mol. The Bertz CT molecular complexity index is 1370. The molecule has 2 aromatic heterocycles. The van der Waals surface area contributed by atoms with Gasteiger partial charge in [-0.25, -0.2) is 23.5 Å². The molecule has 0 radical (unpaired) electrons. The number of nitrogens with two attached hydrogens (primary N) is 1. The quantitative estimate of drug-likeness (QED) is 0.500. The molecule has 2 N–H and O–H groups in total. The third-order valence-electron chi connectivity index (χ3n) is 4.96. The van der Waals surface area contributed by atoms with Gasteiger partial charge < -0.3 is 0 Å². The van der Waals surface area contributed by atoms with Crippen molar-refractivity contribution < 1.29 is 8.42 Å². The van der Waals surface area contributed by atoms with Crippen molar-refractivity contribution in [3.8, 4) is 16.9 Å². The highest BCUT2D eigenvalue weighted by atomic mass is 35.5. The van der Waals surface area contributed by atoms with Crippen LogP contribution in [0.5, 0.6) is 0 Å². The molecule has 2 heterocycles. The Kier molecular flexibility index (Phi) is 4.92. The van der Waals surface area contributed by atoms with E-state index in [9.17, 15) is 8.42 Å². The average molecular weight is 441 g/mol. The van der Waals surface area contributed by atoms with Crippen LogP contribution in [0.2, 0.25) is 5.02 Å². The van der Waals surface area contributed by atoms with Crippen molar-refractivity contribution in [1.82, 2.24) is 14.5 Å². The van der Waals surface area contributed by atoms with E-state index in [1.54, 1.807) is 24.5 Å². The van der Waals surface area contributed by atoms with Crippen LogP contribution in [0.4, 0.5) is 0 Å². The molecule has 0 bridgehead atoms. The van der Waals surface area contributed by atoms with Crippen LogP contribution in [0.25, 0.3) is 28.0 Å². The van der Waals surface area contributed by atoms with E-state index in [4.69, 9.17) is 16.7 Å². The van der Waals surface area contributed by atoms with E-state index in [2.05, 4.69) is 30.7 Å². The Balaban J connectivity index is 2.08. The highest BCUT2D eigenvalue weighted by molar-refractivity contribution is 7.89. The van der Waals surface area contributed by atoms with E-state index in [1.807, 2.05) is 34.9 Å². The Hall–Kier alpha value is -2.74. The van der Waals surface area contributed by atoms with Gasteiger partial charge in [-0.05, 0) is 41.3 Å². The lowest BCUT2D eigenvalue weighted by Crippen LogP contribution is -2.16. The largest absolute Gasteiger partial charge is 0.282 e. The number of sulfonamides is 1. The van der Waals surface area contributed by atoms with Crippen LogP contribution in [0.15, 0.2) is 66.0 Å². The van der Waals surface area contributed by atoms with Crippen LogP contribution < -0.4 is 5.14 Å². The smallest absolute Gasteiger partial charge is 0.238 e. The molecule has 0 aliphatic heterocycles. The molecule has 2 aromatic carbocycles. The first kappa shape index (κ1) is 20.5. The maximum absolute atomic E-state index is 12.4. The second-order valence-electron chi connectivity index (χ2n) is 8.13. The van der Waals surface area contributed by atoms with E-state index in [-0.39, 0.29) is 10.3 Å². The van der Waals surface area contributed by atoms with Gasteiger partial charge >= 0.3 is 0 Å². The topological polar surface area (TPSA) is 90.9 Å². The molecule has 0 spiro atoms. The Morgan fingerprint density at radius 2 is 1.73 bits per heavy atom. The number of fused-ring (bicyclic) bond motifs is 1. The zero-order chi connectivity index (χ0) is 21.7. The number of primary sulfonamides is 1. The van der Waals surface area contributed by atoms with E-state index in [0.717, 1.165) is 16.6 Å². The predicted octanol–water partition coefficient (Wildman–Crippen LogP) is 4.69. The number of nitrogens with zero attached hydrogens (tertiary/aromatic N) is 3. The average Bonchev–Trinajstić information content (AvgIpc) is 3.10. The van der Waals surface area contributed by atoms with Gasteiger partial charge in [0.05, 0.1) is 21.0 Å². The molecule has 4 rings (SSSR count). The molecule has 4 aromatic rings. The molecule has 154 valence electrons. The summed E-state index contributed by atoms with van der Waals surface area (Å²) in [5.74, 6) is 0.518. The zero-order valence-electron chi connectivity index (χ0n) is 16.8. The van der Waals surface area contributed by atoms with Crippen LogP contribution in [-0.2, 0) is 15.4 Å². The number of halogens is 1. The van der Waals surface area contributed by atoms with E-state index in [1.165, 1.54) is 6.20 Å². The fraction of sp³-hybridized carbons (Fsp3) is 0.182. The number of imidazole rings is 1. The van der Waals surface area contributed by atoms with Crippen molar-refractivity contribution >= 4 is 32.7 Å². The summed E-state index contributed by atoms with van der Waals surface area (Å²) < 4.78 is 26.6. The maximum atomic E-state index is 12.4. The third kappa shape index (κ3) is 3.71. The van der Waals surface area contributed by atoms with Gasteiger partial charge in [0, 0.05) is 17.3 Å². The molecular formula is C22H21ClN4O2S. The van der Waals surface area contributed by atoms with Gasteiger partial charge in [0.1, 0.15) is 12.1 Å². The van der Waals surface area contributed by atoms with E-state index < -0.39 is 10.0 Å². The van der Waals surface area contributed by atoms with E-state index in [0.29, 0.717) is 22.0 Å². The molecule has 0 aliphatic carbocycles. The number of pyridine rings is 1. The highest BCUT2D eigenvalue weighted by Gasteiger charge is 2.23. The minimum Gasteiger partial charge on any atom is -0.282 e. The Morgan fingerprint density at radius 3 is 2.43 bits per heavy atom. The summed E-state index contributed by atoms with van der Waals surface area (Å²) >= 11 is 6.27. The lowest BCUT2D eigenvalue weighted by molar-refractivity contribution is 0.587. The number of rotatable bonds is 3. The van der Waals surface area contributed by atoms with Crippen LogP contribution in [-0.4, -0.2) is 23.0 Å². The van der Waals surface area contributed by atoms with E-state index >= 15 is 0 Å². The van der Waals surface area contributed by atoms with Crippen molar-refractivity contribution in [3.63, 3.8) is 0 Å². The first-order chi connectivity index (χ1) is 14.1. The van der Waals surface area contributed by atoms with Gasteiger partial charge in [0.2, 0.25) is 10.0 Å². The fourth-order valence-electron chi connectivity index (χ4n) is 3.41. The van der Waals surface area contributed by atoms with Gasteiger partial charge in [-0.3, -0.25) is 4.57 Å². The summed E-state index contributed by atoms with van der Waals surface area (Å²) in [7, 11) is -3.98. The summed E-state index contributed by atoms with van der Waals surface area (Å²) in [6.07, 6.45) is 3.19. The maximum Gasteiger partial charge on any atom is 0.238 e. The zero-order valence-corrected chi connectivity index (χ0v) is 18.4. The molecule has 0 fully saturated rings. The van der Waals surface area contributed by atoms with Crippen molar-refractivity contribution in [2.24, 2.45) is 5.14 Å². The number of hydrogen-bond acceptors (Lipinski definition) is 4. The first-order valence-corrected chi connectivity index (χ1v) is 11.2. The number of hydrogen-bond donors (Lipinski definition) is 1.